The minimum absolute atomic E-state index is 0.0449. The van der Waals surface area contributed by atoms with E-state index >= 15 is 0 Å². The van der Waals surface area contributed by atoms with Crippen LogP contribution in [0.3, 0.4) is 0 Å². The predicted octanol–water partition coefficient (Wildman–Crippen LogP) is 6.09. The van der Waals surface area contributed by atoms with Gasteiger partial charge >= 0.3 is 0 Å². The number of halogens is 1. The van der Waals surface area contributed by atoms with Crippen molar-refractivity contribution in [2.24, 2.45) is 0 Å². The van der Waals surface area contributed by atoms with Gasteiger partial charge in [-0.15, -0.1) is 0 Å². The van der Waals surface area contributed by atoms with Crippen molar-refractivity contribution >= 4 is 23.4 Å². The number of hydrogen-bond donors (Lipinski definition) is 0. The summed E-state index contributed by atoms with van der Waals surface area (Å²) in [5.41, 5.74) is 3.22. The maximum Gasteiger partial charge on any atom is 0.254 e. The van der Waals surface area contributed by atoms with E-state index in [0.29, 0.717) is 35.4 Å². The highest BCUT2D eigenvalue weighted by atomic mass is 35.5. The molecule has 38 heavy (non-hydrogen) atoms. The fourth-order valence-electron chi connectivity index (χ4n) is 4.81. The zero-order valence-electron chi connectivity index (χ0n) is 21.2. The van der Waals surface area contributed by atoms with Gasteiger partial charge in [0.15, 0.2) is 0 Å². The average molecular weight is 529 g/mol. The summed E-state index contributed by atoms with van der Waals surface area (Å²) in [4.78, 5) is 35.4. The van der Waals surface area contributed by atoms with Gasteiger partial charge in [0.1, 0.15) is 12.6 Å². The lowest BCUT2D eigenvalue weighted by Gasteiger charge is -2.35. The van der Waals surface area contributed by atoms with E-state index < -0.39 is 0 Å². The molecule has 1 atom stereocenters. The van der Waals surface area contributed by atoms with Gasteiger partial charge in [0.2, 0.25) is 17.6 Å². The number of benzene rings is 3. The lowest BCUT2D eigenvalue weighted by Crippen LogP contribution is -2.46. The van der Waals surface area contributed by atoms with Crippen molar-refractivity contribution in [2.75, 3.05) is 13.1 Å². The fourth-order valence-corrected chi connectivity index (χ4v) is 4.94. The van der Waals surface area contributed by atoms with E-state index in [2.05, 4.69) is 10.1 Å². The second-order valence-electron chi connectivity index (χ2n) is 9.52. The minimum atomic E-state index is -0.336. The van der Waals surface area contributed by atoms with E-state index in [9.17, 15) is 9.59 Å². The van der Waals surface area contributed by atoms with Gasteiger partial charge in [-0.25, -0.2) is 0 Å². The molecular weight excluding hydrogens is 500 g/mol. The van der Waals surface area contributed by atoms with Crippen LogP contribution in [-0.2, 0) is 11.3 Å². The molecule has 1 aliphatic heterocycles. The zero-order chi connectivity index (χ0) is 26.5. The number of carbonyl (C=O) groups is 2. The Hall–Kier alpha value is -3.97. The Kier molecular flexibility index (Phi) is 7.84. The smallest absolute Gasteiger partial charge is 0.254 e. The highest BCUT2D eigenvalue weighted by Crippen LogP contribution is 2.32. The topological polar surface area (TPSA) is 79.5 Å². The number of likely N-dealkylation sites (tertiary alicyclic amines) is 1. The summed E-state index contributed by atoms with van der Waals surface area (Å²) in [6.07, 6.45) is 2.55. The summed E-state index contributed by atoms with van der Waals surface area (Å²) < 4.78 is 5.63. The van der Waals surface area contributed by atoms with Crippen molar-refractivity contribution in [3.63, 3.8) is 0 Å². The number of rotatable bonds is 7. The fraction of sp³-hybridized carbons (Fsp3) is 0.267. The van der Waals surface area contributed by atoms with E-state index in [4.69, 9.17) is 16.1 Å². The van der Waals surface area contributed by atoms with Crippen LogP contribution in [0.15, 0.2) is 83.4 Å². The van der Waals surface area contributed by atoms with Crippen LogP contribution in [-0.4, -0.2) is 44.8 Å². The molecule has 3 aromatic carbocycles. The molecule has 4 aromatic rings. The Morgan fingerprint density at radius 2 is 1.74 bits per heavy atom. The molecule has 1 fully saturated rings. The van der Waals surface area contributed by atoms with Gasteiger partial charge in [-0.05, 0) is 67.6 Å². The van der Waals surface area contributed by atoms with E-state index in [0.717, 1.165) is 36.0 Å². The van der Waals surface area contributed by atoms with Crippen molar-refractivity contribution in [1.29, 1.82) is 0 Å². The lowest BCUT2D eigenvalue weighted by molar-refractivity contribution is -0.136. The standard InChI is InChI=1S/C30H29ClN4O3/c1-21-9-5-6-12-25(21)30(37)34(19-22-10-3-2-4-11-22)20-27(36)35-18-8-7-13-26(35)29-32-28(33-38-29)23-14-16-24(31)17-15-23/h2-6,9-12,14-17,26H,7-8,13,18-20H2,1H3. The number of hydrogen-bond acceptors (Lipinski definition) is 5. The van der Waals surface area contributed by atoms with Crippen LogP contribution in [0.2, 0.25) is 5.02 Å². The van der Waals surface area contributed by atoms with Gasteiger partial charge in [0.25, 0.3) is 5.91 Å². The van der Waals surface area contributed by atoms with E-state index in [1.807, 2.05) is 67.6 Å². The van der Waals surface area contributed by atoms with Crippen LogP contribution in [0.5, 0.6) is 0 Å². The van der Waals surface area contributed by atoms with Crippen LogP contribution in [0.4, 0.5) is 0 Å². The minimum Gasteiger partial charge on any atom is -0.337 e. The molecule has 8 heteroatoms. The Balaban J connectivity index is 1.38. The molecule has 0 spiro atoms. The maximum atomic E-state index is 13.7. The molecule has 0 saturated carbocycles. The Labute approximate surface area is 227 Å². The van der Waals surface area contributed by atoms with Gasteiger partial charge in [-0.3, -0.25) is 9.59 Å². The quantitative estimate of drug-likeness (QED) is 0.290. The number of nitrogens with zero attached hydrogens (tertiary/aromatic N) is 4. The van der Waals surface area contributed by atoms with Gasteiger partial charge in [0, 0.05) is 29.2 Å². The number of carbonyl (C=O) groups excluding carboxylic acids is 2. The van der Waals surface area contributed by atoms with Crippen LogP contribution in [0.1, 0.15) is 52.7 Å². The second kappa shape index (κ2) is 11.6. The molecule has 1 unspecified atom stereocenters. The first-order chi connectivity index (χ1) is 18.5. The molecule has 0 aliphatic carbocycles. The molecule has 5 rings (SSSR count). The molecular formula is C30H29ClN4O3. The first kappa shape index (κ1) is 25.7. The highest BCUT2D eigenvalue weighted by Gasteiger charge is 2.34. The monoisotopic (exact) mass is 528 g/mol. The van der Waals surface area contributed by atoms with Crippen molar-refractivity contribution in [3.05, 3.63) is 106 Å². The number of aromatic nitrogens is 2. The molecule has 0 radical (unpaired) electrons. The third-order valence-electron chi connectivity index (χ3n) is 6.86. The Morgan fingerprint density at radius 3 is 2.50 bits per heavy atom. The largest absolute Gasteiger partial charge is 0.337 e. The molecule has 2 amide bonds. The van der Waals surface area contributed by atoms with Gasteiger partial charge in [-0.2, -0.15) is 4.98 Å². The van der Waals surface area contributed by atoms with Crippen molar-refractivity contribution in [3.8, 4) is 11.4 Å². The van der Waals surface area contributed by atoms with E-state index in [1.165, 1.54) is 0 Å². The average Bonchev–Trinajstić information content (AvgIpc) is 3.44. The summed E-state index contributed by atoms with van der Waals surface area (Å²) in [5.74, 6) is 0.549. The Bertz CT molecular complexity index is 1400. The van der Waals surface area contributed by atoms with Gasteiger partial charge < -0.3 is 14.3 Å². The van der Waals surface area contributed by atoms with Crippen molar-refractivity contribution in [1.82, 2.24) is 19.9 Å². The first-order valence-electron chi connectivity index (χ1n) is 12.8. The first-order valence-corrected chi connectivity index (χ1v) is 13.2. The summed E-state index contributed by atoms with van der Waals surface area (Å²) in [6, 6.07) is 24.1. The predicted molar refractivity (Wildman–Crippen MR) is 145 cm³/mol. The van der Waals surface area contributed by atoms with Crippen molar-refractivity contribution < 1.29 is 14.1 Å². The number of amides is 2. The molecule has 194 valence electrons. The molecule has 2 heterocycles. The van der Waals surface area contributed by atoms with Gasteiger partial charge in [-0.1, -0.05) is 65.3 Å². The van der Waals surface area contributed by atoms with Crippen molar-refractivity contribution in [2.45, 2.75) is 38.8 Å². The molecule has 0 bridgehead atoms. The number of aryl methyl sites for hydroxylation is 1. The summed E-state index contributed by atoms with van der Waals surface area (Å²) in [6.45, 7) is 2.76. The SMILES string of the molecule is Cc1ccccc1C(=O)N(CC(=O)N1CCCCC1c1nc(-c2ccc(Cl)cc2)no1)Cc1ccccc1. The normalized spacial score (nSPS) is 15.3. The van der Waals surface area contributed by atoms with Crippen LogP contribution < -0.4 is 0 Å². The van der Waals surface area contributed by atoms with Crippen LogP contribution >= 0.6 is 11.6 Å². The van der Waals surface area contributed by atoms with E-state index in [-0.39, 0.29) is 24.4 Å². The highest BCUT2D eigenvalue weighted by molar-refractivity contribution is 6.30. The number of piperidine rings is 1. The second-order valence-corrected chi connectivity index (χ2v) is 9.96. The summed E-state index contributed by atoms with van der Waals surface area (Å²) in [7, 11) is 0. The molecule has 0 N–H and O–H groups in total. The third-order valence-corrected chi connectivity index (χ3v) is 7.11. The van der Waals surface area contributed by atoms with Crippen LogP contribution in [0, 0.1) is 6.92 Å². The van der Waals surface area contributed by atoms with Crippen LogP contribution in [0.25, 0.3) is 11.4 Å². The molecule has 1 aliphatic rings. The van der Waals surface area contributed by atoms with E-state index in [1.54, 1.807) is 28.0 Å². The summed E-state index contributed by atoms with van der Waals surface area (Å²) >= 11 is 6.01. The maximum absolute atomic E-state index is 13.7. The Morgan fingerprint density at radius 1 is 1.00 bits per heavy atom. The zero-order valence-corrected chi connectivity index (χ0v) is 22.0. The molecule has 1 aromatic heterocycles. The lowest BCUT2D eigenvalue weighted by atomic mass is 10.0. The molecule has 7 nitrogen and oxygen atoms in total. The summed E-state index contributed by atoms with van der Waals surface area (Å²) in [5, 5.41) is 4.77. The van der Waals surface area contributed by atoms with Gasteiger partial charge in [0.05, 0.1) is 0 Å². The molecule has 1 saturated heterocycles. The third kappa shape index (κ3) is 5.78.